The van der Waals surface area contributed by atoms with Gasteiger partial charge in [0.15, 0.2) is 0 Å². The minimum Gasteiger partial charge on any atom is -0.452 e. The Morgan fingerprint density at radius 3 is 2.89 bits per heavy atom. The molecule has 6 nitrogen and oxygen atoms in total. The van der Waals surface area contributed by atoms with Gasteiger partial charge < -0.3 is 4.74 Å². The summed E-state index contributed by atoms with van der Waals surface area (Å²) >= 11 is 0. The lowest BCUT2D eigenvalue weighted by atomic mass is 9.98. The van der Waals surface area contributed by atoms with E-state index in [-0.39, 0.29) is 11.9 Å². The number of ether oxygens (including phenoxy) is 1. The summed E-state index contributed by atoms with van der Waals surface area (Å²) in [5, 5.41) is 0. The van der Waals surface area contributed by atoms with Gasteiger partial charge in [0.25, 0.3) is 5.91 Å². The molecule has 1 aliphatic rings. The Morgan fingerprint density at radius 1 is 1.61 bits per heavy atom. The molecule has 1 atom stereocenters. The number of methoxy groups -OCH3 is 1. The van der Waals surface area contributed by atoms with Crippen LogP contribution in [0, 0.1) is 0 Å². The van der Waals surface area contributed by atoms with E-state index in [4.69, 9.17) is 4.74 Å². The van der Waals surface area contributed by atoms with Crippen molar-refractivity contribution in [3.63, 3.8) is 0 Å². The van der Waals surface area contributed by atoms with Crippen LogP contribution in [0.3, 0.4) is 0 Å². The first kappa shape index (κ1) is 14.2. The number of hydrogen-bond acceptors (Lipinski definition) is 4. The molecular formula is C12H18N2O4. The summed E-state index contributed by atoms with van der Waals surface area (Å²) < 4.78 is 4.70. The van der Waals surface area contributed by atoms with Crippen molar-refractivity contribution in [2.24, 2.45) is 0 Å². The SMILES string of the molecule is C=CC[C@@H]1CCC(C(=O)NOC)=CN1C(=O)OC. The van der Waals surface area contributed by atoms with Crippen LogP contribution in [0.25, 0.3) is 0 Å². The summed E-state index contributed by atoms with van der Waals surface area (Å²) in [5.74, 6) is -0.344. The molecule has 1 N–H and O–H groups in total. The Bertz CT molecular complexity index is 365. The lowest BCUT2D eigenvalue weighted by Gasteiger charge is -2.31. The third-order valence-electron chi connectivity index (χ3n) is 2.75. The quantitative estimate of drug-likeness (QED) is 0.607. The molecule has 0 radical (unpaired) electrons. The van der Waals surface area contributed by atoms with Crippen LogP contribution in [-0.4, -0.2) is 37.2 Å². The first-order valence-electron chi connectivity index (χ1n) is 5.65. The van der Waals surface area contributed by atoms with Crippen LogP contribution in [-0.2, 0) is 14.4 Å². The van der Waals surface area contributed by atoms with Gasteiger partial charge in [0.1, 0.15) is 0 Å². The van der Waals surface area contributed by atoms with Gasteiger partial charge in [-0.2, -0.15) is 0 Å². The summed E-state index contributed by atoms with van der Waals surface area (Å²) in [6.07, 6.45) is 4.70. The monoisotopic (exact) mass is 254 g/mol. The maximum Gasteiger partial charge on any atom is 0.413 e. The first-order valence-corrected chi connectivity index (χ1v) is 5.65. The van der Waals surface area contributed by atoms with Gasteiger partial charge in [-0.3, -0.25) is 14.5 Å². The van der Waals surface area contributed by atoms with Crippen LogP contribution >= 0.6 is 0 Å². The molecule has 0 aromatic carbocycles. The number of carbonyl (C=O) groups is 2. The predicted molar refractivity (Wildman–Crippen MR) is 65.3 cm³/mol. The molecule has 2 amide bonds. The largest absolute Gasteiger partial charge is 0.452 e. The molecule has 1 rings (SSSR count). The number of amides is 2. The van der Waals surface area contributed by atoms with Crippen molar-refractivity contribution in [2.45, 2.75) is 25.3 Å². The van der Waals surface area contributed by atoms with Crippen molar-refractivity contribution >= 4 is 12.0 Å². The molecule has 0 spiro atoms. The van der Waals surface area contributed by atoms with Crippen molar-refractivity contribution in [2.75, 3.05) is 14.2 Å². The fraction of sp³-hybridized carbons (Fsp3) is 0.500. The number of rotatable bonds is 4. The second-order valence-corrected chi connectivity index (χ2v) is 3.88. The Hall–Kier alpha value is -1.82. The molecule has 0 aromatic rings. The predicted octanol–water partition coefficient (Wildman–Crippen LogP) is 1.35. The zero-order chi connectivity index (χ0) is 13.5. The molecular weight excluding hydrogens is 236 g/mol. The van der Waals surface area contributed by atoms with Crippen molar-refractivity contribution in [3.8, 4) is 0 Å². The van der Waals surface area contributed by atoms with Gasteiger partial charge in [-0.15, -0.1) is 6.58 Å². The van der Waals surface area contributed by atoms with Gasteiger partial charge in [0.2, 0.25) is 0 Å². The lowest BCUT2D eigenvalue weighted by molar-refractivity contribution is -0.127. The normalized spacial score (nSPS) is 18.9. The highest BCUT2D eigenvalue weighted by Gasteiger charge is 2.28. The van der Waals surface area contributed by atoms with E-state index in [0.29, 0.717) is 24.8 Å². The number of hydroxylamine groups is 1. The molecule has 0 aromatic heterocycles. The number of nitrogens with zero attached hydrogens (tertiary/aromatic N) is 1. The molecule has 6 heteroatoms. The van der Waals surface area contributed by atoms with E-state index >= 15 is 0 Å². The second-order valence-electron chi connectivity index (χ2n) is 3.88. The van der Waals surface area contributed by atoms with E-state index in [0.717, 1.165) is 0 Å². The summed E-state index contributed by atoms with van der Waals surface area (Å²) in [5.41, 5.74) is 2.72. The molecule has 0 unspecified atom stereocenters. The van der Waals surface area contributed by atoms with Crippen LogP contribution in [0.1, 0.15) is 19.3 Å². The Kier molecular flexibility index (Phi) is 5.38. The zero-order valence-electron chi connectivity index (χ0n) is 10.6. The summed E-state index contributed by atoms with van der Waals surface area (Å²) in [6, 6.07) is -0.0194. The van der Waals surface area contributed by atoms with Crippen molar-refractivity contribution < 1.29 is 19.2 Å². The van der Waals surface area contributed by atoms with Gasteiger partial charge in [0, 0.05) is 17.8 Å². The zero-order valence-corrected chi connectivity index (χ0v) is 10.6. The summed E-state index contributed by atoms with van der Waals surface area (Å²) in [7, 11) is 2.67. The number of carbonyl (C=O) groups excluding carboxylic acids is 2. The molecule has 0 saturated carbocycles. The molecule has 18 heavy (non-hydrogen) atoms. The van der Waals surface area contributed by atoms with Crippen LogP contribution in [0.2, 0.25) is 0 Å². The summed E-state index contributed by atoms with van der Waals surface area (Å²) in [6.45, 7) is 3.66. The van der Waals surface area contributed by atoms with Crippen molar-refractivity contribution in [3.05, 3.63) is 24.4 Å². The Labute approximate surface area is 106 Å². The Morgan fingerprint density at radius 2 is 2.33 bits per heavy atom. The first-order chi connectivity index (χ1) is 8.63. The molecule has 0 bridgehead atoms. The third-order valence-corrected chi connectivity index (χ3v) is 2.75. The van der Waals surface area contributed by atoms with Gasteiger partial charge in [0.05, 0.1) is 14.2 Å². The molecule has 1 aliphatic heterocycles. The average molecular weight is 254 g/mol. The highest BCUT2D eigenvalue weighted by Crippen LogP contribution is 2.24. The van der Waals surface area contributed by atoms with E-state index in [9.17, 15) is 9.59 Å². The molecule has 1 heterocycles. The lowest BCUT2D eigenvalue weighted by Crippen LogP contribution is -2.40. The van der Waals surface area contributed by atoms with E-state index in [1.165, 1.54) is 25.3 Å². The van der Waals surface area contributed by atoms with Crippen molar-refractivity contribution in [1.82, 2.24) is 10.4 Å². The Balaban J connectivity index is 2.87. The minimum absolute atomic E-state index is 0.0194. The molecule has 0 saturated heterocycles. The second kappa shape index (κ2) is 6.80. The van der Waals surface area contributed by atoms with E-state index < -0.39 is 6.09 Å². The number of hydrogen-bond donors (Lipinski definition) is 1. The summed E-state index contributed by atoms with van der Waals surface area (Å²) in [4.78, 5) is 29.2. The van der Waals surface area contributed by atoms with E-state index in [1.54, 1.807) is 6.08 Å². The standard InChI is InChI=1S/C12H18N2O4/c1-4-5-10-7-6-9(11(15)13-18-3)8-14(10)12(16)17-2/h4,8,10H,1,5-7H2,2-3H3,(H,13,15)/t10-/m1/s1. The fourth-order valence-electron chi connectivity index (χ4n) is 1.86. The fourth-order valence-corrected chi connectivity index (χ4v) is 1.86. The highest BCUT2D eigenvalue weighted by molar-refractivity contribution is 5.93. The molecule has 100 valence electrons. The molecule has 0 aliphatic carbocycles. The minimum atomic E-state index is -0.482. The number of nitrogens with one attached hydrogen (secondary N) is 1. The smallest absolute Gasteiger partial charge is 0.413 e. The maximum absolute atomic E-state index is 11.6. The van der Waals surface area contributed by atoms with Crippen LogP contribution in [0.15, 0.2) is 24.4 Å². The molecule has 0 fully saturated rings. The topological polar surface area (TPSA) is 67.9 Å². The van der Waals surface area contributed by atoms with Gasteiger partial charge in [-0.25, -0.2) is 10.3 Å². The highest BCUT2D eigenvalue weighted by atomic mass is 16.6. The van der Waals surface area contributed by atoms with Crippen LogP contribution < -0.4 is 5.48 Å². The average Bonchev–Trinajstić information content (AvgIpc) is 2.39. The van der Waals surface area contributed by atoms with Crippen molar-refractivity contribution in [1.29, 1.82) is 0 Å². The van der Waals surface area contributed by atoms with Gasteiger partial charge >= 0.3 is 6.09 Å². The van der Waals surface area contributed by atoms with Crippen LogP contribution in [0.5, 0.6) is 0 Å². The van der Waals surface area contributed by atoms with Gasteiger partial charge in [-0.1, -0.05) is 6.08 Å². The maximum atomic E-state index is 11.6. The third kappa shape index (κ3) is 3.33. The van der Waals surface area contributed by atoms with Gasteiger partial charge in [-0.05, 0) is 19.3 Å². The van der Waals surface area contributed by atoms with E-state index in [1.807, 2.05) is 0 Å². The van der Waals surface area contributed by atoms with E-state index in [2.05, 4.69) is 16.9 Å². The van der Waals surface area contributed by atoms with Crippen LogP contribution in [0.4, 0.5) is 4.79 Å².